The minimum atomic E-state index is -3.58. The maximum absolute atomic E-state index is 12.7. The first-order valence-corrected chi connectivity index (χ1v) is 9.30. The van der Waals surface area contributed by atoms with Gasteiger partial charge in [0.05, 0.1) is 17.1 Å². The highest BCUT2D eigenvalue weighted by molar-refractivity contribution is 14.1. The molecule has 1 aromatic carbocycles. The zero-order valence-electron chi connectivity index (χ0n) is 11.5. The molecular formula is C14H17IN2O3S. The third-order valence-electron chi connectivity index (χ3n) is 3.36. The Kier molecular flexibility index (Phi) is 5.98. The predicted molar refractivity (Wildman–Crippen MR) is 87.1 cm³/mol. The molecule has 21 heavy (non-hydrogen) atoms. The lowest BCUT2D eigenvalue weighted by atomic mass is 10.2. The van der Waals surface area contributed by atoms with E-state index in [-0.39, 0.29) is 24.0 Å². The van der Waals surface area contributed by atoms with Gasteiger partial charge in [0.15, 0.2) is 0 Å². The quantitative estimate of drug-likeness (QED) is 0.663. The number of hydrogen-bond acceptors (Lipinski definition) is 4. The molecule has 0 bridgehead atoms. The standard InChI is InChI=1S/C14H17IN2O3S/c15-12-4-6-14(7-5-12)21(18,19)17(9-2-8-16)11-13-3-1-10-20-13/h4-7,13H,1-3,9-11H2. The summed E-state index contributed by atoms with van der Waals surface area (Å²) in [6, 6.07) is 8.75. The second-order valence-electron chi connectivity index (χ2n) is 4.86. The van der Waals surface area contributed by atoms with E-state index in [0.29, 0.717) is 13.2 Å². The van der Waals surface area contributed by atoms with Crippen LogP contribution in [0.5, 0.6) is 0 Å². The Bertz CT molecular complexity index is 604. The molecule has 1 saturated heterocycles. The van der Waals surface area contributed by atoms with Gasteiger partial charge < -0.3 is 4.74 Å². The number of hydrogen-bond donors (Lipinski definition) is 0. The van der Waals surface area contributed by atoms with E-state index >= 15 is 0 Å². The van der Waals surface area contributed by atoms with Crippen LogP contribution in [0.4, 0.5) is 0 Å². The summed E-state index contributed by atoms with van der Waals surface area (Å²) >= 11 is 2.13. The Morgan fingerprint density at radius 2 is 2.10 bits per heavy atom. The molecule has 1 unspecified atom stereocenters. The topological polar surface area (TPSA) is 70.4 Å². The van der Waals surface area contributed by atoms with Crippen molar-refractivity contribution < 1.29 is 13.2 Å². The zero-order chi connectivity index (χ0) is 15.3. The average molecular weight is 420 g/mol. The molecule has 7 heteroatoms. The third-order valence-corrected chi connectivity index (χ3v) is 5.95. The summed E-state index contributed by atoms with van der Waals surface area (Å²) in [7, 11) is -3.58. The molecule has 1 aliphatic rings. The lowest BCUT2D eigenvalue weighted by Gasteiger charge is -2.24. The summed E-state index contributed by atoms with van der Waals surface area (Å²) in [5, 5.41) is 8.74. The van der Waals surface area contributed by atoms with Crippen LogP contribution in [0.1, 0.15) is 19.3 Å². The highest BCUT2D eigenvalue weighted by Crippen LogP contribution is 2.21. The molecule has 5 nitrogen and oxygen atoms in total. The average Bonchev–Trinajstić information content (AvgIpc) is 2.96. The first-order valence-electron chi connectivity index (χ1n) is 6.78. The van der Waals surface area contributed by atoms with Gasteiger partial charge in [-0.05, 0) is 59.7 Å². The van der Waals surface area contributed by atoms with Crippen LogP contribution < -0.4 is 0 Å². The predicted octanol–water partition coefficient (Wildman–Crippen LogP) is 2.37. The summed E-state index contributed by atoms with van der Waals surface area (Å²) in [4.78, 5) is 0.263. The molecule has 1 aliphatic heterocycles. The molecule has 0 aromatic heterocycles. The van der Waals surface area contributed by atoms with Crippen molar-refractivity contribution in [3.05, 3.63) is 27.8 Å². The SMILES string of the molecule is N#CCCN(CC1CCCO1)S(=O)(=O)c1ccc(I)cc1. The van der Waals surface area contributed by atoms with Gasteiger partial charge in [-0.2, -0.15) is 9.57 Å². The first-order chi connectivity index (χ1) is 10.0. The van der Waals surface area contributed by atoms with Crippen molar-refractivity contribution in [2.75, 3.05) is 19.7 Å². The maximum atomic E-state index is 12.7. The number of nitrogens with zero attached hydrogens (tertiary/aromatic N) is 2. The molecule has 0 N–H and O–H groups in total. The van der Waals surface area contributed by atoms with Gasteiger partial charge in [-0.1, -0.05) is 0 Å². The van der Waals surface area contributed by atoms with Crippen LogP contribution in [0.3, 0.4) is 0 Å². The molecule has 0 aliphatic carbocycles. The van der Waals surface area contributed by atoms with E-state index < -0.39 is 10.0 Å². The number of nitriles is 1. The highest BCUT2D eigenvalue weighted by Gasteiger charge is 2.28. The van der Waals surface area contributed by atoms with Gasteiger partial charge in [0.25, 0.3) is 0 Å². The summed E-state index contributed by atoms with van der Waals surface area (Å²) in [5.41, 5.74) is 0. The lowest BCUT2D eigenvalue weighted by molar-refractivity contribution is 0.0941. The fourth-order valence-corrected chi connectivity index (χ4v) is 4.09. The molecule has 0 saturated carbocycles. The second kappa shape index (κ2) is 7.54. The number of sulfonamides is 1. The fraction of sp³-hybridized carbons (Fsp3) is 0.500. The Hall–Kier alpha value is -0.690. The Labute approximate surface area is 139 Å². The van der Waals surface area contributed by atoms with Crippen LogP contribution >= 0.6 is 22.6 Å². The van der Waals surface area contributed by atoms with E-state index in [1.165, 1.54) is 4.31 Å². The van der Waals surface area contributed by atoms with Crippen molar-refractivity contribution in [2.24, 2.45) is 0 Å². The van der Waals surface area contributed by atoms with E-state index in [1.54, 1.807) is 24.3 Å². The van der Waals surface area contributed by atoms with Crippen molar-refractivity contribution in [1.82, 2.24) is 4.31 Å². The van der Waals surface area contributed by atoms with Crippen molar-refractivity contribution in [2.45, 2.75) is 30.3 Å². The summed E-state index contributed by atoms with van der Waals surface area (Å²) < 4.78 is 33.3. The van der Waals surface area contributed by atoms with Gasteiger partial charge in [-0.3, -0.25) is 0 Å². The number of rotatable bonds is 6. The van der Waals surface area contributed by atoms with Crippen molar-refractivity contribution in [3.8, 4) is 6.07 Å². The monoisotopic (exact) mass is 420 g/mol. The van der Waals surface area contributed by atoms with Crippen LogP contribution in [0.25, 0.3) is 0 Å². The van der Waals surface area contributed by atoms with Crippen LogP contribution in [0, 0.1) is 14.9 Å². The van der Waals surface area contributed by atoms with Gasteiger partial charge in [0.2, 0.25) is 10.0 Å². The van der Waals surface area contributed by atoms with Gasteiger partial charge in [0.1, 0.15) is 0 Å². The number of halogens is 1. The number of ether oxygens (including phenoxy) is 1. The van der Waals surface area contributed by atoms with Crippen LogP contribution in [-0.4, -0.2) is 38.5 Å². The van der Waals surface area contributed by atoms with Gasteiger partial charge >= 0.3 is 0 Å². The Balaban J connectivity index is 2.20. The zero-order valence-corrected chi connectivity index (χ0v) is 14.5. The summed E-state index contributed by atoms with van der Waals surface area (Å²) in [6.07, 6.45) is 1.93. The molecular weight excluding hydrogens is 403 g/mol. The lowest BCUT2D eigenvalue weighted by Crippen LogP contribution is -2.38. The van der Waals surface area contributed by atoms with E-state index in [9.17, 15) is 8.42 Å². The molecule has 2 rings (SSSR count). The molecule has 1 atom stereocenters. The highest BCUT2D eigenvalue weighted by atomic mass is 127. The molecule has 0 amide bonds. The van der Waals surface area contributed by atoms with Gasteiger partial charge in [-0.25, -0.2) is 8.42 Å². The number of benzene rings is 1. The molecule has 1 aromatic rings. The maximum Gasteiger partial charge on any atom is 0.243 e. The molecule has 0 spiro atoms. The van der Waals surface area contributed by atoms with Crippen molar-refractivity contribution in [1.29, 1.82) is 5.26 Å². The third kappa shape index (κ3) is 4.39. The van der Waals surface area contributed by atoms with Gasteiger partial charge in [-0.15, -0.1) is 0 Å². The smallest absolute Gasteiger partial charge is 0.243 e. The molecule has 114 valence electrons. The largest absolute Gasteiger partial charge is 0.377 e. The molecule has 0 radical (unpaired) electrons. The summed E-state index contributed by atoms with van der Waals surface area (Å²) in [6.45, 7) is 1.20. The van der Waals surface area contributed by atoms with Crippen LogP contribution in [-0.2, 0) is 14.8 Å². The molecule has 1 heterocycles. The van der Waals surface area contributed by atoms with E-state index in [1.807, 2.05) is 6.07 Å². The minimum absolute atomic E-state index is 0.0673. The molecule has 1 fully saturated rings. The summed E-state index contributed by atoms with van der Waals surface area (Å²) in [5.74, 6) is 0. The Morgan fingerprint density at radius 1 is 1.38 bits per heavy atom. The van der Waals surface area contributed by atoms with Crippen LogP contribution in [0.15, 0.2) is 29.2 Å². The van der Waals surface area contributed by atoms with Crippen molar-refractivity contribution >= 4 is 32.6 Å². The Morgan fingerprint density at radius 3 is 2.67 bits per heavy atom. The van der Waals surface area contributed by atoms with E-state index in [0.717, 1.165) is 16.4 Å². The van der Waals surface area contributed by atoms with Crippen LogP contribution in [0.2, 0.25) is 0 Å². The first kappa shape index (κ1) is 16.7. The van der Waals surface area contributed by atoms with E-state index in [4.69, 9.17) is 10.00 Å². The second-order valence-corrected chi connectivity index (χ2v) is 8.04. The van der Waals surface area contributed by atoms with E-state index in [2.05, 4.69) is 22.6 Å². The fourth-order valence-electron chi connectivity index (χ4n) is 2.26. The normalized spacial score (nSPS) is 18.8. The minimum Gasteiger partial charge on any atom is -0.377 e. The van der Waals surface area contributed by atoms with Crippen molar-refractivity contribution in [3.63, 3.8) is 0 Å². The van der Waals surface area contributed by atoms with Gasteiger partial charge in [0, 0.05) is 29.7 Å².